The number of halogens is 1. The van der Waals surface area contributed by atoms with Crippen LogP contribution >= 0.6 is 0 Å². The SMILES string of the molecule is CCCN1C(=O)[C@@H]2CC[C@H]1CN(C(=O)Cc1ccc(F)c(C)c1)C2. The van der Waals surface area contributed by atoms with Crippen molar-refractivity contribution in [2.24, 2.45) is 5.92 Å². The van der Waals surface area contributed by atoms with E-state index >= 15 is 0 Å². The Bertz CT molecular complexity index is 646. The Labute approximate surface area is 142 Å². The fraction of sp³-hybridized carbons (Fsp3) is 0.579. The van der Waals surface area contributed by atoms with E-state index in [4.69, 9.17) is 0 Å². The number of hydrogen-bond acceptors (Lipinski definition) is 2. The van der Waals surface area contributed by atoms with Crippen LogP contribution in [0.2, 0.25) is 0 Å². The van der Waals surface area contributed by atoms with Crippen molar-refractivity contribution in [2.75, 3.05) is 19.6 Å². The van der Waals surface area contributed by atoms with Gasteiger partial charge in [0.2, 0.25) is 11.8 Å². The Hall–Kier alpha value is -1.91. The number of rotatable bonds is 4. The van der Waals surface area contributed by atoms with E-state index in [9.17, 15) is 14.0 Å². The molecule has 3 heterocycles. The molecule has 130 valence electrons. The van der Waals surface area contributed by atoms with E-state index in [2.05, 4.69) is 6.92 Å². The first kappa shape index (κ1) is 16.9. The summed E-state index contributed by atoms with van der Waals surface area (Å²) in [5, 5.41) is 0. The third-order valence-electron chi connectivity index (χ3n) is 5.19. The van der Waals surface area contributed by atoms with Crippen LogP contribution in [0.4, 0.5) is 4.39 Å². The van der Waals surface area contributed by atoms with Crippen LogP contribution in [0.3, 0.4) is 0 Å². The summed E-state index contributed by atoms with van der Waals surface area (Å²) in [6, 6.07) is 4.96. The van der Waals surface area contributed by atoms with Crippen LogP contribution in [0.15, 0.2) is 18.2 Å². The number of hydrogen-bond donors (Lipinski definition) is 0. The molecular weight excluding hydrogens is 307 g/mol. The minimum Gasteiger partial charge on any atom is -0.340 e. The van der Waals surface area contributed by atoms with Crippen molar-refractivity contribution < 1.29 is 14.0 Å². The van der Waals surface area contributed by atoms with Crippen molar-refractivity contribution >= 4 is 11.8 Å². The third-order valence-corrected chi connectivity index (χ3v) is 5.19. The van der Waals surface area contributed by atoms with Crippen molar-refractivity contribution in [3.63, 3.8) is 0 Å². The van der Waals surface area contributed by atoms with E-state index in [0.29, 0.717) is 18.7 Å². The number of fused-ring (bicyclic) bond motifs is 4. The van der Waals surface area contributed by atoms with Gasteiger partial charge in [0, 0.05) is 25.7 Å². The van der Waals surface area contributed by atoms with Gasteiger partial charge in [0.15, 0.2) is 0 Å². The van der Waals surface area contributed by atoms with E-state index in [-0.39, 0.29) is 36.0 Å². The molecule has 4 rings (SSSR count). The standard InChI is InChI=1S/C19H25FN2O2/c1-3-8-22-16-6-5-15(19(22)24)11-21(12-16)18(23)10-14-4-7-17(20)13(2)9-14/h4,7,9,15-16H,3,5-6,8,10-12H2,1-2H3/t15-,16+/m1/s1. The highest BCUT2D eigenvalue weighted by molar-refractivity contribution is 5.84. The van der Waals surface area contributed by atoms with Crippen molar-refractivity contribution in [1.82, 2.24) is 9.80 Å². The van der Waals surface area contributed by atoms with Crippen LogP contribution < -0.4 is 0 Å². The Morgan fingerprint density at radius 1 is 1.29 bits per heavy atom. The lowest BCUT2D eigenvalue weighted by molar-refractivity contribution is -0.139. The Balaban J connectivity index is 1.72. The lowest BCUT2D eigenvalue weighted by Gasteiger charge is -2.35. The minimum absolute atomic E-state index is 0.0315. The predicted octanol–water partition coefficient (Wildman–Crippen LogP) is 2.54. The molecule has 5 heteroatoms. The monoisotopic (exact) mass is 332 g/mol. The first-order valence-electron chi connectivity index (χ1n) is 8.83. The van der Waals surface area contributed by atoms with E-state index < -0.39 is 0 Å². The highest BCUT2D eigenvalue weighted by Crippen LogP contribution is 2.29. The Morgan fingerprint density at radius 2 is 2.08 bits per heavy atom. The lowest BCUT2D eigenvalue weighted by Crippen LogP contribution is -2.48. The van der Waals surface area contributed by atoms with E-state index in [0.717, 1.165) is 31.4 Å². The number of nitrogens with zero attached hydrogens (tertiary/aromatic N) is 2. The number of carbonyl (C=O) groups excluding carboxylic acids is 2. The van der Waals surface area contributed by atoms with Crippen LogP contribution in [0.1, 0.15) is 37.3 Å². The molecule has 0 saturated carbocycles. The summed E-state index contributed by atoms with van der Waals surface area (Å²) in [4.78, 5) is 29.1. The fourth-order valence-electron chi connectivity index (χ4n) is 3.88. The lowest BCUT2D eigenvalue weighted by atomic mass is 9.94. The molecule has 3 aliphatic heterocycles. The molecule has 1 aromatic carbocycles. The molecule has 0 aromatic heterocycles. The number of piperidine rings is 1. The quantitative estimate of drug-likeness (QED) is 0.850. The molecule has 0 spiro atoms. The largest absolute Gasteiger partial charge is 0.340 e. The third kappa shape index (κ3) is 3.30. The Morgan fingerprint density at radius 3 is 2.79 bits per heavy atom. The van der Waals surface area contributed by atoms with Gasteiger partial charge in [-0.15, -0.1) is 0 Å². The zero-order valence-corrected chi connectivity index (χ0v) is 14.4. The maximum absolute atomic E-state index is 13.4. The predicted molar refractivity (Wildman–Crippen MR) is 89.9 cm³/mol. The maximum atomic E-state index is 13.4. The molecule has 4 nitrogen and oxygen atoms in total. The molecule has 0 radical (unpaired) electrons. The molecule has 24 heavy (non-hydrogen) atoms. The van der Waals surface area contributed by atoms with Crippen molar-refractivity contribution in [3.05, 3.63) is 35.1 Å². The molecule has 3 saturated heterocycles. The zero-order valence-electron chi connectivity index (χ0n) is 14.4. The summed E-state index contributed by atoms with van der Waals surface area (Å²) in [6.07, 6.45) is 3.07. The van der Waals surface area contributed by atoms with Gasteiger partial charge in [-0.3, -0.25) is 9.59 Å². The molecule has 0 aliphatic carbocycles. The summed E-state index contributed by atoms with van der Waals surface area (Å²) in [5.41, 5.74) is 1.38. The number of benzene rings is 1. The summed E-state index contributed by atoms with van der Waals surface area (Å²) in [7, 11) is 0. The van der Waals surface area contributed by atoms with Gasteiger partial charge < -0.3 is 9.80 Å². The molecule has 3 fully saturated rings. The molecular formula is C19H25FN2O2. The average Bonchev–Trinajstić information content (AvgIpc) is 2.84. The highest BCUT2D eigenvalue weighted by Gasteiger charge is 2.41. The highest BCUT2D eigenvalue weighted by atomic mass is 19.1. The molecule has 2 bridgehead atoms. The maximum Gasteiger partial charge on any atom is 0.227 e. The Kier molecular flexibility index (Phi) is 4.88. The first-order valence-corrected chi connectivity index (χ1v) is 8.83. The van der Waals surface area contributed by atoms with Gasteiger partial charge in [-0.05, 0) is 43.4 Å². The van der Waals surface area contributed by atoms with Crippen LogP contribution in [0, 0.1) is 18.7 Å². The minimum atomic E-state index is -0.250. The summed E-state index contributed by atoms with van der Waals surface area (Å²) in [5.74, 6) is -0.0703. The average molecular weight is 332 g/mol. The van der Waals surface area contributed by atoms with Crippen LogP contribution in [0.25, 0.3) is 0 Å². The second-order valence-electron chi connectivity index (χ2n) is 7.02. The van der Waals surface area contributed by atoms with Crippen LogP contribution in [-0.4, -0.2) is 47.3 Å². The van der Waals surface area contributed by atoms with Crippen molar-refractivity contribution in [1.29, 1.82) is 0 Å². The normalized spacial score (nSPS) is 23.5. The van der Waals surface area contributed by atoms with E-state index in [1.165, 1.54) is 6.07 Å². The van der Waals surface area contributed by atoms with Crippen LogP contribution in [-0.2, 0) is 16.0 Å². The zero-order chi connectivity index (χ0) is 17.3. The van der Waals surface area contributed by atoms with Gasteiger partial charge in [-0.25, -0.2) is 4.39 Å². The molecule has 2 atom stereocenters. The summed E-state index contributed by atoms with van der Waals surface area (Å²) >= 11 is 0. The molecule has 0 N–H and O–H groups in total. The van der Waals surface area contributed by atoms with Crippen molar-refractivity contribution in [3.8, 4) is 0 Å². The van der Waals surface area contributed by atoms with Crippen molar-refractivity contribution in [2.45, 2.75) is 45.6 Å². The summed E-state index contributed by atoms with van der Waals surface area (Å²) in [6.45, 7) is 5.71. The molecule has 0 unspecified atom stereocenters. The number of amides is 2. The van der Waals surface area contributed by atoms with Gasteiger partial charge in [0.05, 0.1) is 12.3 Å². The first-order chi connectivity index (χ1) is 11.5. The van der Waals surface area contributed by atoms with Crippen LogP contribution in [0.5, 0.6) is 0 Å². The second kappa shape index (κ2) is 6.91. The van der Waals surface area contributed by atoms with Gasteiger partial charge in [0.25, 0.3) is 0 Å². The number of aryl methyl sites for hydroxylation is 1. The molecule has 3 aliphatic rings. The van der Waals surface area contributed by atoms with Gasteiger partial charge in [-0.2, -0.15) is 0 Å². The second-order valence-corrected chi connectivity index (χ2v) is 7.02. The summed E-state index contributed by atoms with van der Waals surface area (Å²) < 4.78 is 13.4. The fourth-order valence-corrected chi connectivity index (χ4v) is 3.88. The van der Waals surface area contributed by atoms with E-state index in [1.807, 2.05) is 9.80 Å². The van der Waals surface area contributed by atoms with Gasteiger partial charge >= 0.3 is 0 Å². The van der Waals surface area contributed by atoms with Gasteiger partial charge in [-0.1, -0.05) is 19.1 Å². The molecule has 1 aromatic rings. The van der Waals surface area contributed by atoms with E-state index in [1.54, 1.807) is 19.1 Å². The topological polar surface area (TPSA) is 40.6 Å². The smallest absolute Gasteiger partial charge is 0.227 e. The van der Waals surface area contributed by atoms with Gasteiger partial charge in [0.1, 0.15) is 5.82 Å². The number of carbonyl (C=O) groups is 2. The molecule has 2 amide bonds.